The number of aromatic nitrogens is 3. The van der Waals surface area contributed by atoms with Gasteiger partial charge in [0.25, 0.3) is 0 Å². The topological polar surface area (TPSA) is 30.2 Å². The standard InChI is InChI=1S/C44H29N3/c1-2-13-30(14-3-1)43-44(47-24-11-9-22-42(47)46-43)33-17-12-16-31(25-33)34-26-35(28-36(27-34)41-21-8-10-23-45-41)40-29-32-15-4-5-18-37(32)38-19-6-7-20-39(38)40/h1-29H. The van der Waals surface area contributed by atoms with Crippen molar-refractivity contribution in [2.75, 3.05) is 0 Å². The van der Waals surface area contributed by atoms with Crippen molar-refractivity contribution >= 4 is 27.2 Å². The Labute approximate surface area is 273 Å². The lowest BCUT2D eigenvalue weighted by molar-refractivity contribution is 1.19. The van der Waals surface area contributed by atoms with E-state index >= 15 is 0 Å². The SMILES string of the molecule is c1ccc(-c2nc3ccccn3c2-c2cccc(-c3cc(-c4ccccn4)cc(-c4cc5ccccc5c5ccccc45)c3)c2)cc1. The van der Waals surface area contributed by atoms with Crippen molar-refractivity contribution in [3.05, 3.63) is 176 Å². The molecule has 0 aliphatic heterocycles. The second-order valence-electron chi connectivity index (χ2n) is 11.9. The minimum absolute atomic E-state index is 0.925. The highest BCUT2D eigenvalue weighted by atomic mass is 15.0. The first-order valence-corrected chi connectivity index (χ1v) is 15.9. The Morgan fingerprint density at radius 1 is 0.426 bits per heavy atom. The Kier molecular flexibility index (Phi) is 6.46. The van der Waals surface area contributed by atoms with Crippen molar-refractivity contribution in [2.24, 2.45) is 0 Å². The van der Waals surface area contributed by atoms with Crippen LogP contribution in [-0.2, 0) is 0 Å². The number of imidazole rings is 1. The van der Waals surface area contributed by atoms with Gasteiger partial charge in [-0.2, -0.15) is 0 Å². The molecular weight excluding hydrogens is 571 g/mol. The van der Waals surface area contributed by atoms with Gasteiger partial charge in [0.1, 0.15) is 5.65 Å². The number of hydrogen-bond donors (Lipinski definition) is 0. The Bertz CT molecular complexity index is 2570. The van der Waals surface area contributed by atoms with Gasteiger partial charge in [0.15, 0.2) is 0 Å². The van der Waals surface area contributed by atoms with Crippen LogP contribution < -0.4 is 0 Å². The summed E-state index contributed by atoms with van der Waals surface area (Å²) < 4.78 is 2.19. The molecule has 0 N–H and O–H groups in total. The van der Waals surface area contributed by atoms with Gasteiger partial charge in [-0.05, 0) is 98.4 Å². The van der Waals surface area contributed by atoms with E-state index < -0.39 is 0 Å². The average molecular weight is 600 g/mol. The zero-order valence-corrected chi connectivity index (χ0v) is 25.6. The molecule has 0 radical (unpaired) electrons. The first kappa shape index (κ1) is 27.0. The van der Waals surface area contributed by atoms with E-state index in [1.165, 1.54) is 27.1 Å². The van der Waals surface area contributed by atoms with Crippen molar-refractivity contribution in [2.45, 2.75) is 0 Å². The molecule has 0 aliphatic carbocycles. The number of nitrogens with zero attached hydrogens (tertiary/aromatic N) is 3. The fourth-order valence-electron chi connectivity index (χ4n) is 6.84. The molecule has 6 aromatic carbocycles. The minimum atomic E-state index is 0.925. The van der Waals surface area contributed by atoms with Gasteiger partial charge in [-0.15, -0.1) is 0 Å². The minimum Gasteiger partial charge on any atom is -0.299 e. The highest BCUT2D eigenvalue weighted by Crippen LogP contribution is 2.40. The van der Waals surface area contributed by atoms with E-state index in [1.807, 2.05) is 24.4 Å². The predicted molar refractivity (Wildman–Crippen MR) is 195 cm³/mol. The maximum absolute atomic E-state index is 5.08. The molecule has 9 rings (SSSR count). The summed E-state index contributed by atoms with van der Waals surface area (Å²) in [5, 5.41) is 4.99. The molecule has 0 spiro atoms. The van der Waals surface area contributed by atoms with Crippen LogP contribution in [0.3, 0.4) is 0 Å². The Hall–Kier alpha value is -6.32. The second kappa shape index (κ2) is 11.2. The maximum atomic E-state index is 5.08. The molecule has 3 aromatic heterocycles. The molecule has 0 unspecified atom stereocenters. The van der Waals surface area contributed by atoms with Crippen LogP contribution in [0.2, 0.25) is 0 Å². The van der Waals surface area contributed by atoms with E-state index in [9.17, 15) is 0 Å². The van der Waals surface area contributed by atoms with Gasteiger partial charge in [-0.1, -0.05) is 109 Å². The van der Waals surface area contributed by atoms with Gasteiger partial charge in [-0.25, -0.2) is 4.98 Å². The van der Waals surface area contributed by atoms with E-state index in [-0.39, 0.29) is 0 Å². The molecule has 0 atom stereocenters. The monoisotopic (exact) mass is 599 g/mol. The van der Waals surface area contributed by atoms with Crippen LogP contribution in [-0.4, -0.2) is 14.4 Å². The lowest BCUT2D eigenvalue weighted by atomic mass is 9.89. The Morgan fingerprint density at radius 2 is 1.11 bits per heavy atom. The number of fused-ring (bicyclic) bond motifs is 4. The van der Waals surface area contributed by atoms with Gasteiger partial charge < -0.3 is 0 Å². The summed E-state index contributed by atoms with van der Waals surface area (Å²) in [4.78, 5) is 9.83. The van der Waals surface area contributed by atoms with Crippen LogP contribution >= 0.6 is 0 Å². The third-order valence-electron chi connectivity index (χ3n) is 9.02. The first-order chi connectivity index (χ1) is 23.3. The summed E-state index contributed by atoms with van der Waals surface area (Å²) in [5.41, 5.74) is 11.9. The summed E-state index contributed by atoms with van der Waals surface area (Å²) in [7, 11) is 0. The zero-order valence-electron chi connectivity index (χ0n) is 25.6. The molecule has 0 fully saturated rings. The summed E-state index contributed by atoms with van der Waals surface area (Å²) in [6, 6.07) is 58.2. The second-order valence-corrected chi connectivity index (χ2v) is 11.9. The molecule has 3 heteroatoms. The van der Waals surface area contributed by atoms with Gasteiger partial charge in [0.05, 0.1) is 17.1 Å². The maximum Gasteiger partial charge on any atom is 0.137 e. The van der Waals surface area contributed by atoms with Crippen LogP contribution in [0, 0.1) is 0 Å². The van der Waals surface area contributed by atoms with Crippen molar-refractivity contribution in [1.82, 2.24) is 14.4 Å². The molecule has 0 bridgehead atoms. The van der Waals surface area contributed by atoms with E-state index in [2.05, 4.69) is 156 Å². The molecule has 0 saturated heterocycles. The third kappa shape index (κ3) is 4.77. The van der Waals surface area contributed by atoms with Crippen LogP contribution in [0.15, 0.2) is 176 Å². The van der Waals surface area contributed by atoms with Gasteiger partial charge in [0.2, 0.25) is 0 Å². The molecule has 3 heterocycles. The molecule has 47 heavy (non-hydrogen) atoms. The summed E-state index contributed by atoms with van der Waals surface area (Å²) >= 11 is 0. The fourth-order valence-corrected chi connectivity index (χ4v) is 6.84. The highest BCUT2D eigenvalue weighted by Gasteiger charge is 2.17. The Balaban J connectivity index is 1.27. The third-order valence-corrected chi connectivity index (χ3v) is 9.02. The molecule has 3 nitrogen and oxygen atoms in total. The van der Waals surface area contributed by atoms with Crippen LogP contribution in [0.1, 0.15) is 0 Å². The quantitative estimate of drug-likeness (QED) is 0.184. The number of pyridine rings is 2. The van der Waals surface area contributed by atoms with Crippen molar-refractivity contribution in [3.8, 4) is 56.0 Å². The highest BCUT2D eigenvalue weighted by molar-refractivity contribution is 6.14. The van der Waals surface area contributed by atoms with E-state index in [0.29, 0.717) is 0 Å². The van der Waals surface area contributed by atoms with Gasteiger partial charge in [-0.3, -0.25) is 9.38 Å². The zero-order chi connectivity index (χ0) is 31.2. The largest absolute Gasteiger partial charge is 0.299 e. The van der Waals surface area contributed by atoms with Gasteiger partial charge in [0, 0.05) is 29.1 Å². The van der Waals surface area contributed by atoms with Crippen molar-refractivity contribution in [1.29, 1.82) is 0 Å². The summed E-state index contributed by atoms with van der Waals surface area (Å²) in [6.45, 7) is 0. The van der Waals surface area contributed by atoms with Crippen LogP contribution in [0.5, 0.6) is 0 Å². The molecular formula is C44H29N3. The van der Waals surface area contributed by atoms with Crippen molar-refractivity contribution < 1.29 is 0 Å². The number of rotatable bonds is 5. The molecule has 0 saturated carbocycles. The molecule has 0 amide bonds. The summed E-state index contributed by atoms with van der Waals surface area (Å²) in [6.07, 6.45) is 3.96. The normalized spacial score (nSPS) is 11.4. The molecule has 220 valence electrons. The van der Waals surface area contributed by atoms with Crippen LogP contribution in [0.25, 0.3) is 83.2 Å². The van der Waals surface area contributed by atoms with Crippen LogP contribution in [0.4, 0.5) is 0 Å². The summed E-state index contributed by atoms with van der Waals surface area (Å²) in [5.74, 6) is 0. The average Bonchev–Trinajstić information content (AvgIpc) is 3.55. The lowest BCUT2D eigenvalue weighted by Gasteiger charge is -2.15. The van der Waals surface area contributed by atoms with Crippen molar-refractivity contribution in [3.63, 3.8) is 0 Å². The predicted octanol–water partition coefficient (Wildman–Crippen LogP) is 11.4. The smallest absolute Gasteiger partial charge is 0.137 e. The first-order valence-electron chi connectivity index (χ1n) is 15.9. The van der Waals surface area contributed by atoms with E-state index in [1.54, 1.807) is 0 Å². The molecule has 9 aromatic rings. The lowest BCUT2D eigenvalue weighted by Crippen LogP contribution is -1.92. The van der Waals surface area contributed by atoms with Gasteiger partial charge >= 0.3 is 0 Å². The fraction of sp³-hybridized carbons (Fsp3) is 0. The number of benzene rings is 6. The Morgan fingerprint density at radius 3 is 1.98 bits per heavy atom. The van der Waals surface area contributed by atoms with E-state index in [0.717, 1.165) is 56.1 Å². The number of hydrogen-bond acceptors (Lipinski definition) is 2. The molecule has 0 aliphatic rings. The van der Waals surface area contributed by atoms with E-state index in [4.69, 9.17) is 9.97 Å².